The lowest BCUT2D eigenvalue weighted by Crippen LogP contribution is -2.46. The van der Waals surface area contributed by atoms with Crippen LogP contribution >= 0.6 is 34.8 Å². The maximum atomic E-state index is 12.9. The standard InChI is InChI=1S/C17H17Cl3N2O4S2/c18-12-10-15(19)17(16(20)11-12)28(25,26)22-8-6-13(7-9-22)21-27(23,24)14-4-2-1-3-5-14/h1-5,10-11,13,21H,6-9H2. The average Bonchev–Trinajstić information content (AvgIpc) is 2.61. The molecule has 1 saturated heterocycles. The Bertz CT molecular complexity index is 1050. The molecule has 1 aliphatic rings. The van der Waals surface area contributed by atoms with Crippen molar-refractivity contribution in [2.75, 3.05) is 13.1 Å². The highest BCUT2D eigenvalue weighted by Crippen LogP contribution is 2.35. The summed E-state index contributed by atoms with van der Waals surface area (Å²) >= 11 is 18.0. The summed E-state index contributed by atoms with van der Waals surface area (Å²) in [6, 6.07) is 10.3. The van der Waals surface area contributed by atoms with Crippen LogP contribution in [0.15, 0.2) is 52.3 Å². The number of nitrogens with one attached hydrogen (secondary N) is 1. The molecule has 1 heterocycles. The van der Waals surface area contributed by atoms with Gasteiger partial charge < -0.3 is 0 Å². The molecule has 0 bridgehead atoms. The molecule has 0 aliphatic carbocycles. The fourth-order valence-electron chi connectivity index (χ4n) is 3.01. The third kappa shape index (κ3) is 4.64. The van der Waals surface area contributed by atoms with Crippen LogP contribution in [-0.4, -0.2) is 40.3 Å². The quantitative estimate of drug-likeness (QED) is 0.701. The Labute approximate surface area is 179 Å². The molecule has 3 rings (SSSR count). The largest absolute Gasteiger partial charge is 0.246 e. The number of nitrogens with zero attached hydrogens (tertiary/aromatic N) is 1. The summed E-state index contributed by atoms with van der Waals surface area (Å²) in [5, 5.41) is 0.136. The number of hydrogen-bond donors (Lipinski definition) is 1. The first-order valence-electron chi connectivity index (χ1n) is 8.33. The van der Waals surface area contributed by atoms with Gasteiger partial charge in [-0.2, -0.15) is 4.31 Å². The molecule has 152 valence electrons. The van der Waals surface area contributed by atoms with Crippen molar-refractivity contribution in [3.05, 3.63) is 57.5 Å². The van der Waals surface area contributed by atoms with Crippen molar-refractivity contribution < 1.29 is 16.8 Å². The van der Waals surface area contributed by atoms with E-state index in [2.05, 4.69) is 4.72 Å². The minimum Gasteiger partial charge on any atom is -0.208 e. The smallest absolute Gasteiger partial charge is 0.208 e. The Kier molecular flexibility index (Phi) is 6.61. The molecule has 6 nitrogen and oxygen atoms in total. The molecule has 2 aromatic rings. The van der Waals surface area contributed by atoms with Gasteiger partial charge in [0.2, 0.25) is 20.0 Å². The summed E-state index contributed by atoms with van der Waals surface area (Å²) in [4.78, 5) is -0.0201. The second kappa shape index (κ2) is 8.47. The summed E-state index contributed by atoms with van der Waals surface area (Å²) in [6.45, 7) is 0.277. The monoisotopic (exact) mass is 482 g/mol. The molecule has 1 N–H and O–H groups in total. The molecule has 0 spiro atoms. The number of hydrogen-bond acceptors (Lipinski definition) is 4. The first-order valence-corrected chi connectivity index (χ1v) is 12.4. The lowest BCUT2D eigenvalue weighted by atomic mass is 10.1. The van der Waals surface area contributed by atoms with Crippen LogP contribution in [0.1, 0.15) is 12.8 Å². The van der Waals surface area contributed by atoms with Crippen molar-refractivity contribution in [3.8, 4) is 0 Å². The topological polar surface area (TPSA) is 83.6 Å². The summed E-state index contributed by atoms with van der Waals surface area (Å²) in [6.07, 6.45) is 0.655. The molecule has 1 fully saturated rings. The van der Waals surface area contributed by atoms with Gasteiger partial charge in [0.05, 0.1) is 14.9 Å². The van der Waals surface area contributed by atoms with E-state index in [9.17, 15) is 16.8 Å². The Hall–Kier alpha value is -0.870. The number of rotatable bonds is 5. The van der Waals surface area contributed by atoms with Crippen LogP contribution in [0.4, 0.5) is 0 Å². The van der Waals surface area contributed by atoms with Crippen LogP contribution in [0.2, 0.25) is 15.1 Å². The zero-order valence-electron chi connectivity index (χ0n) is 14.5. The lowest BCUT2D eigenvalue weighted by Gasteiger charge is -2.31. The van der Waals surface area contributed by atoms with Crippen molar-refractivity contribution in [1.82, 2.24) is 9.03 Å². The minimum absolute atomic E-state index is 0.0515. The van der Waals surface area contributed by atoms with Gasteiger partial charge in [0.1, 0.15) is 4.90 Å². The van der Waals surface area contributed by atoms with E-state index < -0.39 is 20.0 Å². The molecule has 0 amide bonds. The van der Waals surface area contributed by atoms with Gasteiger partial charge in [-0.05, 0) is 37.1 Å². The molecule has 0 aromatic heterocycles. The Balaban J connectivity index is 1.72. The second-order valence-electron chi connectivity index (χ2n) is 6.31. The SMILES string of the molecule is O=S(=O)(NC1CCN(S(=O)(=O)c2c(Cl)cc(Cl)cc2Cl)CC1)c1ccccc1. The Morgan fingerprint density at radius 1 is 0.893 bits per heavy atom. The maximum absolute atomic E-state index is 12.9. The summed E-state index contributed by atoms with van der Waals surface area (Å²) in [7, 11) is -7.58. The highest BCUT2D eigenvalue weighted by molar-refractivity contribution is 7.89. The van der Waals surface area contributed by atoms with Gasteiger partial charge in [-0.3, -0.25) is 0 Å². The maximum Gasteiger partial charge on any atom is 0.246 e. The van der Waals surface area contributed by atoms with Crippen LogP contribution in [0.5, 0.6) is 0 Å². The van der Waals surface area contributed by atoms with Gasteiger partial charge in [-0.15, -0.1) is 0 Å². The van der Waals surface area contributed by atoms with E-state index in [1.807, 2.05) is 0 Å². The van der Waals surface area contributed by atoms with E-state index >= 15 is 0 Å². The molecular weight excluding hydrogens is 467 g/mol. The van der Waals surface area contributed by atoms with Crippen molar-refractivity contribution in [3.63, 3.8) is 0 Å². The van der Waals surface area contributed by atoms with E-state index in [4.69, 9.17) is 34.8 Å². The van der Waals surface area contributed by atoms with Gasteiger partial charge in [-0.1, -0.05) is 53.0 Å². The fourth-order valence-corrected chi connectivity index (χ4v) is 7.29. The van der Waals surface area contributed by atoms with E-state index in [1.54, 1.807) is 18.2 Å². The third-order valence-electron chi connectivity index (χ3n) is 4.39. The first kappa shape index (κ1) is 21.8. The van der Waals surface area contributed by atoms with Crippen molar-refractivity contribution in [2.45, 2.75) is 28.7 Å². The molecule has 0 saturated carbocycles. The molecule has 28 heavy (non-hydrogen) atoms. The Morgan fingerprint density at radius 3 is 1.96 bits per heavy atom. The van der Waals surface area contributed by atoms with Crippen molar-refractivity contribution in [1.29, 1.82) is 0 Å². The minimum atomic E-state index is -3.93. The zero-order valence-corrected chi connectivity index (χ0v) is 18.4. The number of benzene rings is 2. The predicted octanol–water partition coefficient (Wildman–Crippen LogP) is 3.78. The summed E-state index contributed by atoms with van der Waals surface area (Å²) < 4.78 is 54.6. The molecule has 2 aromatic carbocycles. The number of sulfonamides is 2. The van der Waals surface area contributed by atoms with Gasteiger partial charge in [0.25, 0.3) is 0 Å². The van der Waals surface area contributed by atoms with E-state index in [0.29, 0.717) is 12.8 Å². The van der Waals surface area contributed by atoms with Crippen LogP contribution in [-0.2, 0) is 20.0 Å². The van der Waals surface area contributed by atoms with E-state index in [1.165, 1.54) is 28.6 Å². The molecule has 1 aliphatic heterocycles. The van der Waals surface area contributed by atoms with Crippen LogP contribution in [0.25, 0.3) is 0 Å². The first-order chi connectivity index (χ1) is 13.1. The summed E-state index contributed by atoms with van der Waals surface area (Å²) in [5.41, 5.74) is 0. The van der Waals surface area contributed by atoms with Gasteiger partial charge in [0.15, 0.2) is 0 Å². The van der Waals surface area contributed by atoms with Crippen molar-refractivity contribution in [2.24, 2.45) is 0 Å². The molecule has 0 atom stereocenters. The number of halogens is 3. The third-order valence-corrected chi connectivity index (χ3v) is 8.97. The van der Waals surface area contributed by atoms with E-state index in [0.717, 1.165) is 0 Å². The average molecular weight is 484 g/mol. The molecule has 0 unspecified atom stereocenters. The van der Waals surface area contributed by atoms with Crippen LogP contribution < -0.4 is 4.72 Å². The molecule has 0 radical (unpaired) electrons. The molecule has 11 heteroatoms. The van der Waals surface area contributed by atoms with Gasteiger partial charge >= 0.3 is 0 Å². The highest BCUT2D eigenvalue weighted by atomic mass is 35.5. The van der Waals surface area contributed by atoms with Gasteiger partial charge in [-0.25, -0.2) is 21.6 Å². The van der Waals surface area contributed by atoms with Crippen molar-refractivity contribution >= 4 is 54.8 Å². The zero-order chi connectivity index (χ0) is 20.5. The number of piperidine rings is 1. The van der Waals surface area contributed by atoms with Crippen LogP contribution in [0, 0.1) is 0 Å². The normalized spacial score (nSPS) is 17.0. The molecular formula is C17H17Cl3N2O4S2. The predicted molar refractivity (Wildman–Crippen MR) is 110 cm³/mol. The second-order valence-corrected chi connectivity index (χ2v) is 11.2. The fraction of sp³-hybridized carbons (Fsp3) is 0.294. The van der Waals surface area contributed by atoms with Crippen LogP contribution in [0.3, 0.4) is 0 Å². The lowest BCUT2D eigenvalue weighted by molar-refractivity contribution is 0.308. The van der Waals surface area contributed by atoms with Gasteiger partial charge in [0, 0.05) is 24.2 Å². The highest BCUT2D eigenvalue weighted by Gasteiger charge is 2.34. The summed E-state index contributed by atoms with van der Waals surface area (Å²) in [5.74, 6) is 0. The van der Waals surface area contributed by atoms with E-state index in [-0.39, 0.29) is 44.0 Å². The Morgan fingerprint density at radius 2 is 1.43 bits per heavy atom.